The molecule has 0 spiro atoms. The Morgan fingerprint density at radius 2 is 1.25 bits per heavy atom. The maximum atomic E-state index is 5.63. The normalized spacial score (nSPS) is 9.75. The van der Waals surface area contributed by atoms with Crippen LogP contribution in [-0.2, 0) is 0 Å². The predicted molar refractivity (Wildman–Crippen MR) is 70.5 cm³/mol. The van der Waals surface area contributed by atoms with Crippen LogP contribution in [0.25, 0.3) is 5.57 Å². The van der Waals surface area contributed by atoms with Gasteiger partial charge in [-0.1, -0.05) is 73.1 Å². The summed E-state index contributed by atoms with van der Waals surface area (Å²) in [5, 5.41) is 0. The Morgan fingerprint density at radius 1 is 0.812 bits per heavy atom. The second-order valence-electron chi connectivity index (χ2n) is 3.59. The van der Waals surface area contributed by atoms with E-state index in [9.17, 15) is 0 Å². The average Bonchev–Trinajstić information content (AvgIpc) is 2.38. The van der Waals surface area contributed by atoms with E-state index in [0.717, 1.165) is 0 Å². The molecule has 0 aliphatic carbocycles. The van der Waals surface area contributed by atoms with Crippen LogP contribution in [0.1, 0.15) is 11.1 Å². The standard InChI is InChI=1S/C15H13B/c16-12-11-15(13-7-3-1-4-8-13)14-9-5-2-6-10-14/h1-11H,12H2. The third kappa shape index (κ3) is 2.43. The van der Waals surface area contributed by atoms with Crippen molar-refractivity contribution in [2.24, 2.45) is 0 Å². The molecule has 0 nitrogen and oxygen atoms in total. The van der Waals surface area contributed by atoms with Crippen molar-refractivity contribution in [3.05, 3.63) is 77.9 Å². The van der Waals surface area contributed by atoms with E-state index in [4.69, 9.17) is 7.85 Å². The zero-order valence-electron chi connectivity index (χ0n) is 9.14. The van der Waals surface area contributed by atoms with E-state index in [0.29, 0.717) is 6.32 Å². The molecule has 0 aromatic heterocycles. The summed E-state index contributed by atoms with van der Waals surface area (Å²) in [6.07, 6.45) is 2.61. The Bertz CT molecular complexity index is 416. The number of benzene rings is 2. The first-order valence-corrected chi connectivity index (χ1v) is 5.43. The van der Waals surface area contributed by atoms with E-state index in [1.54, 1.807) is 0 Å². The molecule has 0 saturated heterocycles. The van der Waals surface area contributed by atoms with E-state index >= 15 is 0 Å². The third-order valence-corrected chi connectivity index (χ3v) is 2.49. The number of hydrogen-bond donors (Lipinski definition) is 0. The van der Waals surface area contributed by atoms with Crippen LogP contribution in [-0.4, -0.2) is 7.85 Å². The van der Waals surface area contributed by atoms with Crippen molar-refractivity contribution >= 4 is 13.4 Å². The van der Waals surface area contributed by atoms with Gasteiger partial charge in [0.1, 0.15) is 0 Å². The van der Waals surface area contributed by atoms with Gasteiger partial charge in [0, 0.05) is 0 Å². The van der Waals surface area contributed by atoms with E-state index in [-0.39, 0.29) is 0 Å². The summed E-state index contributed by atoms with van der Waals surface area (Å²) < 4.78 is 0. The average molecular weight is 204 g/mol. The highest BCUT2D eigenvalue weighted by Gasteiger charge is 2.02. The van der Waals surface area contributed by atoms with Crippen LogP contribution in [0.15, 0.2) is 66.7 Å². The fourth-order valence-electron chi connectivity index (χ4n) is 1.76. The zero-order valence-corrected chi connectivity index (χ0v) is 9.14. The molecule has 0 N–H and O–H groups in total. The van der Waals surface area contributed by atoms with Crippen molar-refractivity contribution < 1.29 is 0 Å². The monoisotopic (exact) mass is 204 g/mol. The topological polar surface area (TPSA) is 0 Å². The molecule has 0 aliphatic heterocycles. The van der Waals surface area contributed by atoms with Crippen LogP contribution in [0.5, 0.6) is 0 Å². The van der Waals surface area contributed by atoms with E-state index in [1.165, 1.54) is 16.7 Å². The maximum Gasteiger partial charge on any atom is 0.0708 e. The highest BCUT2D eigenvalue weighted by Crippen LogP contribution is 2.23. The predicted octanol–water partition coefficient (Wildman–Crippen LogP) is 3.71. The Labute approximate surface area is 98.0 Å². The molecule has 0 aliphatic rings. The molecule has 2 rings (SSSR count). The van der Waals surface area contributed by atoms with Crippen molar-refractivity contribution in [2.75, 3.05) is 0 Å². The summed E-state index contributed by atoms with van der Waals surface area (Å²) in [4.78, 5) is 0. The summed E-state index contributed by atoms with van der Waals surface area (Å²) in [6.45, 7) is 0. The molecule has 2 aromatic rings. The molecule has 0 fully saturated rings. The van der Waals surface area contributed by atoms with Crippen molar-refractivity contribution in [3.63, 3.8) is 0 Å². The van der Waals surface area contributed by atoms with Gasteiger partial charge in [-0.25, -0.2) is 0 Å². The SMILES string of the molecule is [B]CC=C(c1ccccc1)c1ccccc1. The van der Waals surface area contributed by atoms with Gasteiger partial charge in [-0.2, -0.15) is 0 Å². The summed E-state index contributed by atoms with van der Waals surface area (Å²) in [7, 11) is 5.63. The van der Waals surface area contributed by atoms with Crippen molar-refractivity contribution in [1.82, 2.24) is 0 Å². The molecule has 0 amide bonds. The largest absolute Gasteiger partial charge is 0.0846 e. The summed E-state index contributed by atoms with van der Waals surface area (Å²) in [5.74, 6) is 0. The first-order chi connectivity index (χ1) is 7.92. The van der Waals surface area contributed by atoms with E-state index in [1.807, 2.05) is 36.4 Å². The van der Waals surface area contributed by atoms with E-state index in [2.05, 4.69) is 30.3 Å². The van der Waals surface area contributed by atoms with Crippen molar-refractivity contribution in [1.29, 1.82) is 0 Å². The van der Waals surface area contributed by atoms with Crippen LogP contribution in [0.2, 0.25) is 6.32 Å². The lowest BCUT2D eigenvalue weighted by Gasteiger charge is -2.07. The van der Waals surface area contributed by atoms with Gasteiger partial charge in [0.2, 0.25) is 0 Å². The van der Waals surface area contributed by atoms with Gasteiger partial charge in [-0.3, -0.25) is 0 Å². The number of hydrogen-bond acceptors (Lipinski definition) is 0. The molecule has 0 atom stereocenters. The molecule has 2 radical (unpaired) electrons. The van der Waals surface area contributed by atoms with Crippen LogP contribution >= 0.6 is 0 Å². The Hall–Kier alpha value is -1.76. The highest BCUT2D eigenvalue weighted by molar-refractivity contribution is 6.10. The molecule has 0 saturated carbocycles. The van der Waals surface area contributed by atoms with Crippen molar-refractivity contribution in [3.8, 4) is 0 Å². The minimum Gasteiger partial charge on any atom is -0.0846 e. The molecular formula is C15H13B. The molecule has 0 heterocycles. The molecular weight excluding hydrogens is 191 g/mol. The van der Waals surface area contributed by atoms with Crippen LogP contribution in [0, 0.1) is 0 Å². The molecule has 1 heteroatoms. The second-order valence-corrected chi connectivity index (χ2v) is 3.59. The number of allylic oxidation sites excluding steroid dienone is 1. The zero-order chi connectivity index (χ0) is 11.2. The molecule has 16 heavy (non-hydrogen) atoms. The molecule has 76 valence electrons. The fourth-order valence-corrected chi connectivity index (χ4v) is 1.76. The number of rotatable bonds is 3. The summed E-state index contributed by atoms with van der Waals surface area (Å²) in [6, 6.07) is 20.6. The van der Waals surface area contributed by atoms with Gasteiger partial charge >= 0.3 is 0 Å². The smallest absolute Gasteiger partial charge is 0.0708 e. The fraction of sp³-hybridized carbons (Fsp3) is 0.0667. The molecule has 0 unspecified atom stereocenters. The Balaban J connectivity index is 2.44. The molecule has 0 bridgehead atoms. The minimum atomic E-state index is 0.555. The second kappa shape index (κ2) is 5.36. The van der Waals surface area contributed by atoms with Crippen molar-refractivity contribution in [2.45, 2.75) is 6.32 Å². The van der Waals surface area contributed by atoms with E-state index < -0.39 is 0 Å². The third-order valence-electron chi connectivity index (χ3n) is 2.49. The summed E-state index contributed by atoms with van der Waals surface area (Å²) >= 11 is 0. The van der Waals surface area contributed by atoms with Crippen LogP contribution < -0.4 is 0 Å². The lowest BCUT2D eigenvalue weighted by molar-refractivity contribution is 1.52. The quantitative estimate of drug-likeness (QED) is 0.668. The molecule has 2 aromatic carbocycles. The van der Waals surface area contributed by atoms with Gasteiger partial charge in [0.25, 0.3) is 0 Å². The van der Waals surface area contributed by atoms with Gasteiger partial charge in [-0.05, 0) is 16.7 Å². The lowest BCUT2D eigenvalue weighted by atomic mass is 9.93. The van der Waals surface area contributed by atoms with Gasteiger partial charge in [0.05, 0.1) is 7.85 Å². The summed E-state index contributed by atoms with van der Waals surface area (Å²) in [5.41, 5.74) is 3.61. The highest BCUT2D eigenvalue weighted by atomic mass is 14.1. The van der Waals surface area contributed by atoms with Crippen LogP contribution in [0.4, 0.5) is 0 Å². The maximum absolute atomic E-state index is 5.63. The van der Waals surface area contributed by atoms with Gasteiger partial charge in [-0.15, -0.1) is 0 Å². The van der Waals surface area contributed by atoms with Gasteiger partial charge < -0.3 is 0 Å². The minimum absolute atomic E-state index is 0.555. The first-order valence-electron chi connectivity index (χ1n) is 5.43. The first kappa shape index (κ1) is 10.8. The Kier molecular flexibility index (Phi) is 3.60. The Morgan fingerprint density at radius 3 is 1.62 bits per heavy atom. The van der Waals surface area contributed by atoms with Gasteiger partial charge in [0.15, 0.2) is 0 Å². The van der Waals surface area contributed by atoms with Crippen LogP contribution in [0.3, 0.4) is 0 Å². The lowest BCUT2D eigenvalue weighted by Crippen LogP contribution is -1.87.